The zero-order valence-electron chi connectivity index (χ0n) is 14.3. The van der Waals surface area contributed by atoms with Crippen LogP contribution in [0.4, 0.5) is 10.5 Å². The first kappa shape index (κ1) is 17.5. The molecule has 0 aliphatic carbocycles. The normalized spacial score (nSPS) is 15.2. The fourth-order valence-corrected chi connectivity index (χ4v) is 2.79. The van der Waals surface area contributed by atoms with Crippen LogP contribution in [-0.4, -0.2) is 25.1 Å². The number of amides is 3. The Hall–Kier alpha value is -3.28. The lowest BCUT2D eigenvalue weighted by Crippen LogP contribution is -2.35. The van der Waals surface area contributed by atoms with Crippen molar-refractivity contribution in [2.45, 2.75) is 12.5 Å². The number of rotatable bonds is 5. The molecule has 6 nitrogen and oxygen atoms in total. The van der Waals surface area contributed by atoms with Crippen LogP contribution in [0, 0.1) is 0 Å². The number of benzene rings is 2. The monoisotopic (exact) mass is 351 g/mol. The SMILES string of the molecule is C=CCNC(=O)c1ccc(NC(=O)NC2CCOc3ccccc32)cc1. The maximum absolute atomic E-state index is 12.3. The van der Waals surface area contributed by atoms with Gasteiger partial charge in [0.15, 0.2) is 0 Å². The van der Waals surface area contributed by atoms with Gasteiger partial charge in [-0.1, -0.05) is 24.3 Å². The number of hydrogen-bond donors (Lipinski definition) is 3. The molecule has 0 radical (unpaired) electrons. The quantitative estimate of drug-likeness (QED) is 0.724. The zero-order chi connectivity index (χ0) is 18.4. The molecule has 1 atom stereocenters. The summed E-state index contributed by atoms with van der Waals surface area (Å²) in [5, 5.41) is 8.46. The van der Waals surface area contributed by atoms with E-state index in [1.165, 1.54) is 0 Å². The van der Waals surface area contributed by atoms with E-state index in [1.54, 1.807) is 30.3 Å². The van der Waals surface area contributed by atoms with Crippen molar-refractivity contribution in [3.05, 3.63) is 72.3 Å². The van der Waals surface area contributed by atoms with Crippen LogP contribution in [0.1, 0.15) is 28.4 Å². The molecule has 0 aromatic heterocycles. The Morgan fingerprint density at radius 2 is 1.92 bits per heavy atom. The minimum Gasteiger partial charge on any atom is -0.493 e. The van der Waals surface area contributed by atoms with Gasteiger partial charge < -0.3 is 20.7 Å². The van der Waals surface area contributed by atoms with Gasteiger partial charge in [-0.15, -0.1) is 6.58 Å². The van der Waals surface area contributed by atoms with Crippen molar-refractivity contribution >= 4 is 17.6 Å². The average molecular weight is 351 g/mol. The number of carbonyl (C=O) groups excluding carboxylic acids is 2. The third-order valence-electron chi connectivity index (χ3n) is 4.08. The van der Waals surface area contributed by atoms with Gasteiger partial charge in [-0.05, 0) is 30.3 Å². The van der Waals surface area contributed by atoms with Gasteiger partial charge in [-0.25, -0.2) is 4.79 Å². The molecule has 1 heterocycles. The van der Waals surface area contributed by atoms with Gasteiger partial charge in [-0.3, -0.25) is 4.79 Å². The van der Waals surface area contributed by atoms with Crippen LogP contribution in [0.2, 0.25) is 0 Å². The summed E-state index contributed by atoms with van der Waals surface area (Å²) in [6.45, 7) is 4.53. The number of ether oxygens (including phenoxy) is 1. The summed E-state index contributed by atoms with van der Waals surface area (Å²) in [5.41, 5.74) is 2.11. The molecule has 0 spiro atoms. The molecule has 1 unspecified atom stereocenters. The van der Waals surface area contributed by atoms with Gasteiger partial charge in [-0.2, -0.15) is 0 Å². The van der Waals surface area contributed by atoms with Crippen molar-refractivity contribution in [2.24, 2.45) is 0 Å². The lowest BCUT2D eigenvalue weighted by atomic mass is 10.0. The number of urea groups is 1. The van der Waals surface area contributed by atoms with Crippen LogP contribution < -0.4 is 20.7 Å². The van der Waals surface area contributed by atoms with Crippen molar-refractivity contribution < 1.29 is 14.3 Å². The second kappa shape index (κ2) is 8.20. The van der Waals surface area contributed by atoms with E-state index in [4.69, 9.17) is 4.74 Å². The van der Waals surface area contributed by atoms with E-state index >= 15 is 0 Å². The first-order valence-corrected chi connectivity index (χ1v) is 8.46. The van der Waals surface area contributed by atoms with Crippen LogP contribution in [0.15, 0.2) is 61.2 Å². The molecule has 3 rings (SSSR count). The largest absolute Gasteiger partial charge is 0.493 e. The molecule has 0 bridgehead atoms. The highest BCUT2D eigenvalue weighted by Gasteiger charge is 2.22. The highest BCUT2D eigenvalue weighted by molar-refractivity contribution is 5.95. The van der Waals surface area contributed by atoms with Crippen molar-refractivity contribution in [3.63, 3.8) is 0 Å². The fraction of sp³-hybridized carbons (Fsp3) is 0.200. The Bertz CT molecular complexity index is 802. The Kier molecular flexibility index (Phi) is 5.53. The highest BCUT2D eigenvalue weighted by Crippen LogP contribution is 2.31. The molecule has 6 heteroatoms. The number of hydrogen-bond acceptors (Lipinski definition) is 3. The molecule has 0 fully saturated rings. The van der Waals surface area contributed by atoms with E-state index in [0.29, 0.717) is 30.8 Å². The van der Waals surface area contributed by atoms with Crippen LogP contribution in [0.25, 0.3) is 0 Å². The second-order valence-electron chi connectivity index (χ2n) is 5.90. The minimum atomic E-state index is -0.296. The van der Waals surface area contributed by atoms with E-state index in [2.05, 4.69) is 22.5 Å². The van der Waals surface area contributed by atoms with Gasteiger partial charge in [0, 0.05) is 29.8 Å². The Balaban J connectivity index is 1.59. The number of carbonyl (C=O) groups is 2. The predicted octanol–water partition coefficient (Wildman–Crippen LogP) is 3.25. The first-order valence-electron chi connectivity index (χ1n) is 8.46. The van der Waals surface area contributed by atoms with Gasteiger partial charge in [0.25, 0.3) is 5.91 Å². The molecule has 2 aromatic rings. The molecule has 26 heavy (non-hydrogen) atoms. The summed E-state index contributed by atoms with van der Waals surface area (Å²) >= 11 is 0. The van der Waals surface area contributed by atoms with Crippen molar-refractivity contribution in [3.8, 4) is 5.75 Å². The van der Waals surface area contributed by atoms with Crippen LogP contribution in [0.3, 0.4) is 0 Å². The summed E-state index contributed by atoms with van der Waals surface area (Å²) < 4.78 is 5.60. The van der Waals surface area contributed by atoms with E-state index in [-0.39, 0.29) is 18.0 Å². The maximum Gasteiger partial charge on any atom is 0.319 e. The maximum atomic E-state index is 12.3. The van der Waals surface area contributed by atoms with Crippen molar-refractivity contribution in [2.75, 3.05) is 18.5 Å². The Labute approximate surface area is 152 Å². The molecule has 2 aromatic carbocycles. The molecule has 1 aliphatic heterocycles. The van der Waals surface area contributed by atoms with E-state index < -0.39 is 0 Å². The van der Waals surface area contributed by atoms with E-state index in [1.807, 2.05) is 24.3 Å². The summed E-state index contributed by atoms with van der Waals surface area (Å²) in [5.74, 6) is 0.624. The third-order valence-corrected chi connectivity index (χ3v) is 4.08. The Morgan fingerprint density at radius 3 is 2.69 bits per heavy atom. The number of nitrogens with one attached hydrogen (secondary N) is 3. The summed E-state index contributed by atoms with van der Waals surface area (Å²) in [6.07, 6.45) is 2.33. The minimum absolute atomic E-state index is 0.0936. The molecule has 3 amide bonds. The number of anilines is 1. The highest BCUT2D eigenvalue weighted by atomic mass is 16.5. The molecule has 1 aliphatic rings. The second-order valence-corrected chi connectivity index (χ2v) is 5.90. The van der Waals surface area contributed by atoms with Gasteiger partial charge >= 0.3 is 6.03 Å². The molecule has 0 saturated heterocycles. The summed E-state index contributed by atoms with van der Waals surface area (Å²) in [7, 11) is 0. The lowest BCUT2D eigenvalue weighted by molar-refractivity contribution is 0.0958. The lowest BCUT2D eigenvalue weighted by Gasteiger charge is -2.26. The van der Waals surface area contributed by atoms with Gasteiger partial charge in [0.1, 0.15) is 5.75 Å². The molecule has 0 saturated carbocycles. The standard InChI is InChI=1S/C20H21N3O3/c1-2-12-21-19(24)14-7-9-15(10-8-14)22-20(25)23-17-11-13-26-18-6-4-3-5-16(17)18/h2-10,17H,1,11-13H2,(H,21,24)(H2,22,23,25). The first-order chi connectivity index (χ1) is 12.7. The summed E-state index contributed by atoms with van der Waals surface area (Å²) in [4.78, 5) is 24.1. The Morgan fingerprint density at radius 1 is 1.15 bits per heavy atom. The predicted molar refractivity (Wildman–Crippen MR) is 100 cm³/mol. The van der Waals surface area contributed by atoms with E-state index in [0.717, 1.165) is 11.3 Å². The molecule has 134 valence electrons. The van der Waals surface area contributed by atoms with Crippen LogP contribution in [-0.2, 0) is 0 Å². The van der Waals surface area contributed by atoms with Gasteiger partial charge in [0.2, 0.25) is 0 Å². The third kappa shape index (κ3) is 4.22. The van der Waals surface area contributed by atoms with Crippen molar-refractivity contribution in [1.82, 2.24) is 10.6 Å². The molecule has 3 N–H and O–H groups in total. The van der Waals surface area contributed by atoms with Crippen molar-refractivity contribution in [1.29, 1.82) is 0 Å². The van der Waals surface area contributed by atoms with Crippen LogP contribution in [0.5, 0.6) is 5.75 Å². The van der Waals surface area contributed by atoms with E-state index in [9.17, 15) is 9.59 Å². The molecular formula is C20H21N3O3. The summed E-state index contributed by atoms with van der Waals surface area (Å²) in [6, 6.07) is 14.0. The fourth-order valence-electron chi connectivity index (χ4n) is 2.79. The average Bonchev–Trinajstić information content (AvgIpc) is 2.67. The van der Waals surface area contributed by atoms with Gasteiger partial charge in [0.05, 0.1) is 12.6 Å². The molecular weight excluding hydrogens is 330 g/mol. The smallest absolute Gasteiger partial charge is 0.319 e. The topological polar surface area (TPSA) is 79.5 Å². The number of para-hydroxylation sites is 1. The zero-order valence-corrected chi connectivity index (χ0v) is 14.3. The van der Waals surface area contributed by atoms with Crippen LogP contribution >= 0.6 is 0 Å². The number of fused-ring (bicyclic) bond motifs is 1.